The highest BCUT2D eigenvalue weighted by atomic mass is 19.1. The minimum absolute atomic E-state index is 0.0401. The van der Waals surface area contributed by atoms with Crippen molar-refractivity contribution in [1.82, 2.24) is 4.90 Å². The van der Waals surface area contributed by atoms with Crippen LogP contribution in [0, 0.1) is 23.5 Å². The van der Waals surface area contributed by atoms with E-state index >= 15 is 0 Å². The van der Waals surface area contributed by atoms with Crippen LogP contribution in [-0.2, 0) is 4.79 Å². The third kappa shape index (κ3) is 2.92. The summed E-state index contributed by atoms with van der Waals surface area (Å²) in [6.45, 7) is 4.76. The van der Waals surface area contributed by atoms with Crippen molar-refractivity contribution in [1.29, 1.82) is 0 Å². The summed E-state index contributed by atoms with van der Waals surface area (Å²) in [5.41, 5.74) is 0.538. The summed E-state index contributed by atoms with van der Waals surface area (Å²) in [5.74, 6) is -2.40. The van der Waals surface area contributed by atoms with Crippen molar-refractivity contribution in [2.75, 3.05) is 13.1 Å². The lowest BCUT2D eigenvalue weighted by Gasteiger charge is -2.24. The van der Waals surface area contributed by atoms with Crippen LogP contribution in [0.3, 0.4) is 0 Å². The monoisotopic (exact) mass is 269 g/mol. The van der Waals surface area contributed by atoms with Crippen LogP contribution in [0.2, 0.25) is 0 Å². The maximum atomic E-state index is 13.2. The van der Waals surface area contributed by atoms with E-state index in [-0.39, 0.29) is 12.0 Å². The molecule has 1 saturated heterocycles. The van der Waals surface area contributed by atoms with Crippen molar-refractivity contribution < 1.29 is 18.7 Å². The lowest BCUT2D eigenvalue weighted by atomic mass is 9.99. The minimum Gasteiger partial charge on any atom is -0.481 e. The van der Waals surface area contributed by atoms with Crippen molar-refractivity contribution >= 4 is 5.97 Å². The van der Waals surface area contributed by atoms with E-state index in [4.69, 9.17) is 5.11 Å². The van der Waals surface area contributed by atoms with Crippen LogP contribution in [0.5, 0.6) is 0 Å². The summed E-state index contributed by atoms with van der Waals surface area (Å²) >= 11 is 0. The van der Waals surface area contributed by atoms with E-state index in [0.717, 1.165) is 6.07 Å². The van der Waals surface area contributed by atoms with E-state index in [1.54, 1.807) is 0 Å². The van der Waals surface area contributed by atoms with Crippen LogP contribution in [0.4, 0.5) is 8.78 Å². The van der Waals surface area contributed by atoms with Crippen molar-refractivity contribution in [3.05, 3.63) is 35.4 Å². The topological polar surface area (TPSA) is 40.5 Å². The number of halogens is 2. The lowest BCUT2D eigenvalue weighted by molar-refractivity contribution is -0.142. The average Bonchev–Trinajstić information content (AvgIpc) is 2.69. The van der Waals surface area contributed by atoms with Crippen LogP contribution in [0.15, 0.2) is 18.2 Å². The van der Waals surface area contributed by atoms with E-state index in [1.165, 1.54) is 12.1 Å². The number of hydrogen-bond acceptors (Lipinski definition) is 2. The van der Waals surface area contributed by atoms with Crippen LogP contribution < -0.4 is 0 Å². The highest BCUT2D eigenvalue weighted by Gasteiger charge is 2.36. The highest BCUT2D eigenvalue weighted by molar-refractivity contribution is 5.71. The number of likely N-dealkylation sites (tertiary alicyclic amines) is 1. The van der Waals surface area contributed by atoms with Gasteiger partial charge < -0.3 is 5.11 Å². The summed E-state index contributed by atoms with van der Waals surface area (Å²) in [6.07, 6.45) is 0. The second-order valence-electron chi connectivity index (χ2n) is 5.25. The molecule has 1 fully saturated rings. The van der Waals surface area contributed by atoms with Crippen molar-refractivity contribution in [2.45, 2.75) is 19.9 Å². The van der Waals surface area contributed by atoms with Crippen LogP contribution >= 0.6 is 0 Å². The van der Waals surface area contributed by atoms with Gasteiger partial charge in [0.2, 0.25) is 0 Å². The Morgan fingerprint density at radius 2 is 1.89 bits per heavy atom. The summed E-state index contributed by atoms with van der Waals surface area (Å²) < 4.78 is 26.4. The Hall–Kier alpha value is -1.49. The second-order valence-corrected chi connectivity index (χ2v) is 5.25. The van der Waals surface area contributed by atoms with E-state index in [2.05, 4.69) is 0 Å². The molecule has 19 heavy (non-hydrogen) atoms. The molecule has 5 heteroatoms. The SMILES string of the molecule is CC(c1cc(F)cc(F)c1)N1C[C@@H](C)[C@H](C(=O)O)C1. The zero-order chi connectivity index (χ0) is 14.2. The summed E-state index contributed by atoms with van der Waals surface area (Å²) in [7, 11) is 0. The molecule has 1 aliphatic rings. The fourth-order valence-electron chi connectivity index (χ4n) is 2.67. The molecule has 3 atom stereocenters. The van der Waals surface area contributed by atoms with Gasteiger partial charge in [0.1, 0.15) is 11.6 Å². The fraction of sp³-hybridized carbons (Fsp3) is 0.500. The smallest absolute Gasteiger partial charge is 0.308 e. The number of rotatable bonds is 3. The molecule has 0 aromatic heterocycles. The molecule has 0 aliphatic carbocycles. The van der Waals surface area contributed by atoms with Gasteiger partial charge >= 0.3 is 5.97 Å². The van der Waals surface area contributed by atoms with Gasteiger partial charge in [0.25, 0.3) is 0 Å². The first kappa shape index (κ1) is 13.9. The number of aliphatic carboxylic acids is 1. The van der Waals surface area contributed by atoms with Crippen LogP contribution in [-0.4, -0.2) is 29.1 Å². The maximum Gasteiger partial charge on any atom is 0.308 e. The van der Waals surface area contributed by atoms with E-state index in [9.17, 15) is 13.6 Å². The van der Waals surface area contributed by atoms with E-state index in [0.29, 0.717) is 18.7 Å². The molecule has 0 bridgehead atoms. The van der Waals surface area contributed by atoms with Gasteiger partial charge in [-0.1, -0.05) is 6.92 Å². The molecule has 1 N–H and O–H groups in total. The molecule has 1 aromatic carbocycles. The zero-order valence-electron chi connectivity index (χ0n) is 10.9. The third-order valence-electron chi connectivity index (χ3n) is 3.87. The van der Waals surface area contributed by atoms with Gasteiger partial charge in [-0.05, 0) is 30.5 Å². The number of hydrogen-bond donors (Lipinski definition) is 1. The van der Waals surface area contributed by atoms with Gasteiger partial charge in [-0.15, -0.1) is 0 Å². The maximum absolute atomic E-state index is 13.2. The van der Waals surface area contributed by atoms with Crippen LogP contribution in [0.1, 0.15) is 25.5 Å². The largest absolute Gasteiger partial charge is 0.481 e. The Balaban J connectivity index is 2.16. The van der Waals surface area contributed by atoms with Gasteiger partial charge in [0.15, 0.2) is 0 Å². The molecule has 1 unspecified atom stereocenters. The highest BCUT2D eigenvalue weighted by Crippen LogP contribution is 2.31. The Morgan fingerprint density at radius 3 is 2.37 bits per heavy atom. The summed E-state index contributed by atoms with van der Waals surface area (Å²) in [4.78, 5) is 13.0. The standard InChI is InChI=1S/C14H17F2NO2/c1-8-6-17(7-13(8)14(18)19)9(2)10-3-11(15)5-12(16)4-10/h3-5,8-9,13H,6-7H2,1-2H3,(H,18,19)/t8-,9?,13-/m1/s1. The molecule has 2 rings (SSSR count). The normalized spacial score (nSPS) is 25.5. The minimum atomic E-state index is -0.812. The number of nitrogens with zero attached hydrogens (tertiary/aromatic N) is 1. The Labute approximate surface area is 110 Å². The van der Waals surface area contributed by atoms with Crippen molar-refractivity contribution in [3.63, 3.8) is 0 Å². The van der Waals surface area contributed by atoms with Gasteiger partial charge in [-0.3, -0.25) is 9.69 Å². The first-order valence-electron chi connectivity index (χ1n) is 6.31. The quantitative estimate of drug-likeness (QED) is 0.917. The van der Waals surface area contributed by atoms with E-state index in [1.807, 2.05) is 18.7 Å². The van der Waals surface area contributed by atoms with Crippen molar-refractivity contribution in [2.24, 2.45) is 11.8 Å². The van der Waals surface area contributed by atoms with Crippen LogP contribution in [0.25, 0.3) is 0 Å². The Kier molecular flexibility index (Phi) is 3.85. The number of carboxylic acid groups (broad SMARTS) is 1. The van der Waals surface area contributed by atoms with Crippen molar-refractivity contribution in [3.8, 4) is 0 Å². The average molecular weight is 269 g/mol. The van der Waals surface area contributed by atoms with Gasteiger partial charge in [0.05, 0.1) is 5.92 Å². The van der Waals surface area contributed by atoms with Gasteiger partial charge in [-0.25, -0.2) is 8.78 Å². The molecule has 104 valence electrons. The zero-order valence-corrected chi connectivity index (χ0v) is 10.9. The predicted octanol–water partition coefficient (Wildman–Crippen LogP) is 2.68. The molecule has 0 saturated carbocycles. The summed E-state index contributed by atoms with van der Waals surface area (Å²) in [5, 5.41) is 9.10. The summed E-state index contributed by atoms with van der Waals surface area (Å²) in [6, 6.07) is 3.24. The van der Waals surface area contributed by atoms with E-state index < -0.39 is 23.5 Å². The third-order valence-corrected chi connectivity index (χ3v) is 3.87. The molecule has 1 heterocycles. The second kappa shape index (κ2) is 5.25. The molecule has 0 spiro atoms. The van der Waals surface area contributed by atoms with Gasteiger partial charge in [-0.2, -0.15) is 0 Å². The Morgan fingerprint density at radius 1 is 1.32 bits per heavy atom. The number of carbonyl (C=O) groups is 1. The predicted molar refractivity (Wildman–Crippen MR) is 66.6 cm³/mol. The number of carboxylic acids is 1. The first-order valence-corrected chi connectivity index (χ1v) is 6.31. The molecule has 1 aliphatic heterocycles. The first-order chi connectivity index (χ1) is 8.88. The molecular formula is C14H17F2NO2. The van der Waals surface area contributed by atoms with Gasteiger partial charge in [0, 0.05) is 25.2 Å². The Bertz CT molecular complexity index is 472. The lowest BCUT2D eigenvalue weighted by Crippen LogP contribution is -2.26. The molecule has 3 nitrogen and oxygen atoms in total. The molecule has 1 aromatic rings. The number of benzene rings is 1. The molecule has 0 radical (unpaired) electrons. The molecule has 0 amide bonds. The fourth-order valence-corrected chi connectivity index (χ4v) is 2.67. The molecular weight excluding hydrogens is 252 g/mol.